The third-order valence-corrected chi connectivity index (χ3v) is 2.92. The first-order valence-electron chi connectivity index (χ1n) is 6.07. The van der Waals surface area contributed by atoms with Crippen LogP contribution in [0.15, 0.2) is 30.3 Å². The third-order valence-electron chi connectivity index (χ3n) is 2.92. The molecule has 0 heterocycles. The van der Waals surface area contributed by atoms with Gasteiger partial charge in [0.25, 0.3) is 0 Å². The van der Waals surface area contributed by atoms with Crippen LogP contribution in [0, 0.1) is 0 Å². The zero-order valence-electron chi connectivity index (χ0n) is 10.7. The van der Waals surface area contributed by atoms with Crippen molar-refractivity contribution in [3.63, 3.8) is 0 Å². The molecule has 3 nitrogen and oxygen atoms in total. The maximum absolute atomic E-state index is 11.9. The number of carbonyl (C=O) groups is 1. The second-order valence-corrected chi connectivity index (χ2v) is 5.78. The molecule has 92 valence electrons. The van der Waals surface area contributed by atoms with Crippen molar-refractivity contribution in [3.05, 3.63) is 35.9 Å². The largest absolute Gasteiger partial charge is 0.334 e. The van der Waals surface area contributed by atoms with E-state index in [1.54, 1.807) is 0 Å². The number of urea groups is 1. The molecule has 1 aromatic carbocycles. The van der Waals surface area contributed by atoms with E-state index in [-0.39, 0.29) is 17.1 Å². The molecule has 1 saturated carbocycles. The molecule has 0 aromatic heterocycles. The lowest BCUT2D eigenvalue weighted by Gasteiger charge is -2.24. The molecule has 2 rings (SSSR count). The van der Waals surface area contributed by atoms with Gasteiger partial charge in [0.05, 0.1) is 5.54 Å². The number of benzene rings is 1. The monoisotopic (exact) mass is 232 g/mol. The highest BCUT2D eigenvalue weighted by Crippen LogP contribution is 2.45. The number of rotatable bonds is 2. The van der Waals surface area contributed by atoms with E-state index in [9.17, 15) is 4.79 Å². The van der Waals surface area contributed by atoms with Crippen molar-refractivity contribution in [3.8, 4) is 0 Å². The van der Waals surface area contributed by atoms with E-state index in [2.05, 4.69) is 22.8 Å². The minimum Gasteiger partial charge on any atom is -0.334 e. The number of amides is 2. The highest BCUT2D eigenvalue weighted by molar-refractivity contribution is 5.76. The van der Waals surface area contributed by atoms with E-state index in [1.165, 1.54) is 5.56 Å². The maximum Gasteiger partial charge on any atom is 0.315 e. The SMILES string of the molecule is CC(C)(C)NC(=O)NC1(c2ccccc2)CC1. The molecule has 1 aromatic rings. The molecule has 2 N–H and O–H groups in total. The van der Waals surface area contributed by atoms with Gasteiger partial charge in [0.2, 0.25) is 0 Å². The first kappa shape index (κ1) is 12.0. The Labute approximate surface area is 103 Å². The summed E-state index contributed by atoms with van der Waals surface area (Å²) in [6.07, 6.45) is 2.04. The van der Waals surface area contributed by atoms with Gasteiger partial charge in [-0.15, -0.1) is 0 Å². The lowest BCUT2D eigenvalue weighted by atomic mass is 10.1. The minimum atomic E-state index is -0.198. The summed E-state index contributed by atoms with van der Waals surface area (Å²) in [7, 11) is 0. The van der Waals surface area contributed by atoms with E-state index >= 15 is 0 Å². The van der Waals surface area contributed by atoms with Crippen LogP contribution < -0.4 is 10.6 Å². The van der Waals surface area contributed by atoms with E-state index in [0.29, 0.717) is 0 Å². The van der Waals surface area contributed by atoms with Crippen molar-refractivity contribution in [2.45, 2.75) is 44.7 Å². The molecule has 17 heavy (non-hydrogen) atoms. The highest BCUT2D eigenvalue weighted by Gasteiger charge is 2.45. The third kappa shape index (κ3) is 2.99. The van der Waals surface area contributed by atoms with Crippen LogP contribution in [0.3, 0.4) is 0 Å². The van der Waals surface area contributed by atoms with Gasteiger partial charge in [-0.3, -0.25) is 0 Å². The number of nitrogens with one attached hydrogen (secondary N) is 2. The van der Waals surface area contributed by atoms with Crippen molar-refractivity contribution >= 4 is 6.03 Å². The van der Waals surface area contributed by atoms with Gasteiger partial charge in [-0.2, -0.15) is 0 Å². The maximum atomic E-state index is 11.9. The smallest absolute Gasteiger partial charge is 0.315 e. The summed E-state index contributed by atoms with van der Waals surface area (Å²) in [6.45, 7) is 5.94. The summed E-state index contributed by atoms with van der Waals surface area (Å²) in [5.41, 5.74) is 0.872. The van der Waals surface area contributed by atoms with E-state index in [0.717, 1.165) is 12.8 Å². The Balaban J connectivity index is 2.02. The first-order valence-corrected chi connectivity index (χ1v) is 6.07. The Bertz CT molecular complexity index is 402. The Kier molecular flexibility index (Phi) is 2.86. The predicted octanol–water partition coefficient (Wildman–Crippen LogP) is 2.77. The van der Waals surface area contributed by atoms with Crippen molar-refractivity contribution in [1.82, 2.24) is 10.6 Å². The summed E-state index contributed by atoms with van der Waals surface area (Å²) < 4.78 is 0. The number of hydrogen-bond donors (Lipinski definition) is 2. The van der Waals surface area contributed by atoms with Crippen molar-refractivity contribution in [2.75, 3.05) is 0 Å². The lowest BCUT2D eigenvalue weighted by Crippen LogP contribution is -2.49. The van der Waals surface area contributed by atoms with Crippen molar-refractivity contribution in [2.24, 2.45) is 0 Å². The molecule has 1 aliphatic carbocycles. The number of carbonyl (C=O) groups excluding carboxylic acids is 1. The van der Waals surface area contributed by atoms with Crippen LogP contribution in [0.2, 0.25) is 0 Å². The molecule has 2 amide bonds. The van der Waals surface area contributed by atoms with Gasteiger partial charge < -0.3 is 10.6 Å². The molecular weight excluding hydrogens is 212 g/mol. The molecule has 0 saturated heterocycles. The van der Waals surface area contributed by atoms with Gasteiger partial charge in [-0.1, -0.05) is 30.3 Å². The Hall–Kier alpha value is -1.51. The Morgan fingerprint density at radius 1 is 1.18 bits per heavy atom. The molecule has 0 spiro atoms. The quantitative estimate of drug-likeness (QED) is 0.808. The molecular formula is C14H20N2O. The lowest BCUT2D eigenvalue weighted by molar-refractivity contribution is 0.227. The standard InChI is InChI=1S/C14H20N2O/c1-13(2,3)15-12(17)16-14(9-10-14)11-7-5-4-6-8-11/h4-8H,9-10H2,1-3H3,(H2,15,16,17). The topological polar surface area (TPSA) is 41.1 Å². The van der Waals surface area contributed by atoms with Gasteiger partial charge in [0.1, 0.15) is 0 Å². The normalized spacial score (nSPS) is 17.4. The van der Waals surface area contributed by atoms with E-state index < -0.39 is 0 Å². The summed E-state index contributed by atoms with van der Waals surface area (Å²) in [5.74, 6) is 0. The number of hydrogen-bond acceptors (Lipinski definition) is 1. The second kappa shape index (κ2) is 4.06. The molecule has 0 bridgehead atoms. The summed E-state index contributed by atoms with van der Waals surface area (Å²) >= 11 is 0. The Morgan fingerprint density at radius 3 is 2.24 bits per heavy atom. The minimum absolute atomic E-state index is 0.0844. The van der Waals surface area contributed by atoms with Crippen LogP contribution in [0.1, 0.15) is 39.2 Å². The van der Waals surface area contributed by atoms with Crippen LogP contribution in [-0.4, -0.2) is 11.6 Å². The summed E-state index contributed by atoms with van der Waals surface area (Å²) in [6, 6.07) is 10.1. The van der Waals surface area contributed by atoms with Crippen molar-refractivity contribution in [1.29, 1.82) is 0 Å². The molecule has 0 atom stereocenters. The predicted molar refractivity (Wildman–Crippen MR) is 68.8 cm³/mol. The molecule has 1 fully saturated rings. The zero-order valence-corrected chi connectivity index (χ0v) is 10.7. The summed E-state index contributed by atoms with van der Waals surface area (Å²) in [4.78, 5) is 11.9. The second-order valence-electron chi connectivity index (χ2n) is 5.78. The van der Waals surface area contributed by atoms with Crippen LogP contribution in [-0.2, 0) is 5.54 Å². The molecule has 3 heteroatoms. The van der Waals surface area contributed by atoms with Crippen LogP contribution in [0.4, 0.5) is 4.79 Å². The fourth-order valence-electron chi connectivity index (χ4n) is 1.96. The van der Waals surface area contributed by atoms with Crippen LogP contribution in [0.25, 0.3) is 0 Å². The van der Waals surface area contributed by atoms with Gasteiger partial charge >= 0.3 is 6.03 Å². The van der Waals surface area contributed by atoms with Gasteiger partial charge in [-0.05, 0) is 39.2 Å². The van der Waals surface area contributed by atoms with Crippen LogP contribution in [0.5, 0.6) is 0 Å². The highest BCUT2D eigenvalue weighted by atomic mass is 16.2. The zero-order chi connectivity index (χ0) is 12.5. The molecule has 0 radical (unpaired) electrons. The van der Waals surface area contributed by atoms with Gasteiger partial charge in [0, 0.05) is 5.54 Å². The molecule has 0 aliphatic heterocycles. The molecule has 1 aliphatic rings. The van der Waals surface area contributed by atoms with Gasteiger partial charge in [-0.25, -0.2) is 4.79 Å². The average Bonchev–Trinajstić information content (AvgIpc) is 2.97. The average molecular weight is 232 g/mol. The molecule has 0 unspecified atom stereocenters. The summed E-state index contributed by atoms with van der Waals surface area (Å²) in [5, 5.41) is 6.03. The fraction of sp³-hybridized carbons (Fsp3) is 0.500. The Morgan fingerprint density at radius 2 is 1.76 bits per heavy atom. The first-order chi connectivity index (χ1) is 7.91. The van der Waals surface area contributed by atoms with E-state index in [4.69, 9.17) is 0 Å². The van der Waals surface area contributed by atoms with Gasteiger partial charge in [0.15, 0.2) is 0 Å². The van der Waals surface area contributed by atoms with Crippen molar-refractivity contribution < 1.29 is 4.79 Å². The van der Waals surface area contributed by atoms with E-state index in [1.807, 2.05) is 39.0 Å². The fourth-order valence-corrected chi connectivity index (χ4v) is 1.96. The van der Waals surface area contributed by atoms with Crippen LogP contribution >= 0.6 is 0 Å².